The van der Waals surface area contributed by atoms with Crippen LogP contribution < -0.4 is 16.4 Å². The Balaban J connectivity index is 2.12. The molecular formula is C15H22N4O2. The Morgan fingerprint density at radius 1 is 1.43 bits per heavy atom. The fourth-order valence-electron chi connectivity index (χ4n) is 2.58. The van der Waals surface area contributed by atoms with Crippen LogP contribution in [0.5, 0.6) is 0 Å². The minimum atomic E-state index is -0.711. The lowest BCUT2D eigenvalue weighted by Crippen LogP contribution is -2.65. The second-order valence-corrected chi connectivity index (χ2v) is 5.76. The number of benzene rings is 1. The zero-order valence-electron chi connectivity index (χ0n) is 12.6. The molecule has 1 unspecified atom stereocenters. The maximum Gasteiger partial charge on any atom is 0.241 e. The van der Waals surface area contributed by atoms with E-state index in [0.717, 1.165) is 0 Å². The molecule has 6 nitrogen and oxygen atoms in total. The van der Waals surface area contributed by atoms with E-state index in [-0.39, 0.29) is 11.8 Å². The first-order chi connectivity index (χ1) is 9.84. The highest BCUT2D eigenvalue weighted by Gasteiger charge is 2.41. The van der Waals surface area contributed by atoms with E-state index >= 15 is 0 Å². The summed E-state index contributed by atoms with van der Waals surface area (Å²) >= 11 is 0. The van der Waals surface area contributed by atoms with E-state index in [1.54, 1.807) is 19.1 Å². The van der Waals surface area contributed by atoms with E-state index in [0.29, 0.717) is 24.5 Å². The first-order valence-corrected chi connectivity index (χ1v) is 7.04. The van der Waals surface area contributed by atoms with Gasteiger partial charge in [0, 0.05) is 13.1 Å². The van der Waals surface area contributed by atoms with Crippen molar-refractivity contribution in [3.8, 4) is 0 Å². The normalized spacial score (nSPS) is 19.7. The van der Waals surface area contributed by atoms with Crippen LogP contribution in [0.3, 0.4) is 0 Å². The molecule has 2 amide bonds. The van der Waals surface area contributed by atoms with Crippen molar-refractivity contribution in [3.05, 3.63) is 24.3 Å². The van der Waals surface area contributed by atoms with E-state index in [9.17, 15) is 9.59 Å². The summed E-state index contributed by atoms with van der Waals surface area (Å²) in [7, 11) is 0. The Labute approximate surface area is 124 Å². The third kappa shape index (κ3) is 3.00. The molecule has 0 spiro atoms. The highest BCUT2D eigenvalue weighted by Crippen LogP contribution is 2.22. The monoisotopic (exact) mass is 290 g/mol. The maximum absolute atomic E-state index is 12.4. The molecule has 1 heterocycles. The van der Waals surface area contributed by atoms with Gasteiger partial charge in [0.15, 0.2) is 0 Å². The van der Waals surface area contributed by atoms with Crippen LogP contribution in [0.2, 0.25) is 0 Å². The molecule has 114 valence electrons. The summed E-state index contributed by atoms with van der Waals surface area (Å²) in [4.78, 5) is 26.3. The van der Waals surface area contributed by atoms with E-state index < -0.39 is 11.6 Å². The van der Waals surface area contributed by atoms with Gasteiger partial charge in [-0.25, -0.2) is 0 Å². The molecule has 1 aromatic carbocycles. The summed E-state index contributed by atoms with van der Waals surface area (Å²) in [6, 6.07) is 6.69. The number of carbonyl (C=O) groups excluding carboxylic acids is 2. The SMILES string of the molecule is CC(C(=O)Nc1ccccc1N)N1CCNC(=O)C1(C)C. The number of hydrogen-bond donors (Lipinski definition) is 3. The number of anilines is 2. The van der Waals surface area contributed by atoms with E-state index in [1.807, 2.05) is 30.9 Å². The summed E-state index contributed by atoms with van der Waals surface area (Å²) in [5.74, 6) is -0.233. The van der Waals surface area contributed by atoms with Gasteiger partial charge in [0.25, 0.3) is 0 Å². The largest absolute Gasteiger partial charge is 0.397 e. The minimum absolute atomic E-state index is 0.0624. The molecule has 1 aliphatic heterocycles. The minimum Gasteiger partial charge on any atom is -0.397 e. The second kappa shape index (κ2) is 5.73. The van der Waals surface area contributed by atoms with Crippen molar-refractivity contribution in [3.63, 3.8) is 0 Å². The number of rotatable bonds is 3. The molecule has 2 rings (SSSR count). The third-order valence-corrected chi connectivity index (χ3v) is 3.98. The number of carbonyl (C=O) groups is 2. The fraction of sp³-hybridized carbons (Fsp3) is 0.467. The van der Waals surface area contributed by atoms with Crippen molar-refractivity contribution in [2.75, 3.05) is 24.1 Å². The van der Waals surface area contributed by atoms with Crippen LogP contribution in [-0.2, 0) is 9.59 Å². The average Bonchev–Trinajstić information content (AvgIpc) is 2.43. The zero-order valence-corrected chi connectivity index (χ0v) is 12.6. The van der Waals surface area contributed by atoms with Crippen LogP contribution in [0.1, 0.15) is 20.8 Å². The lowest BCUT2D eigenvalue weighted by molar-refractivity contribution is -0.139. The van der Waals surface area contributed by atoms with Crippen molar-refractivity contribution in [1.82, 2.24) is 10.2 Å². The van der Waals surface area contributed by atoms with Gasteiger partial charge in [0.05, 0.1) is 23.0 Å². The van der Waals surface area contributed by atoms with Gasteiger partial charge in [-0.15, -0.1) is 0 Å². The topological polar surface area (TPSA) is 87.5 Å². The highest BCUT2D eigenvalue weighted by molar-refractivity contribution is 5.98. The van der Waals surface area contributed by atoms with Gasteiger partial charge in [-0.05, 0) is 32.9 Å². The molecule has 1 aromatic rings. The van der Waals surface area contributed by atoms with E-state index in [2.05, 4.69) is 10.6 Å². The summed E-state index contributed by atoms with van der Waals surface area (Å²) in [6.07, 6.45) is 0. The lowest BCUT2D eigenvalue weighted by atomic mass is 9.96. The van der Waals surface area contributed by atoms with Gasteiger partial charge >= 0.3 is 0 Å². The molecule has 6 heteroatoms. The molecule has 4 N–H and O–H groups in total. The van der Waals surface area contributed by atoms with Crippen molar-refractivity contribution in [2.45, 2.75) is 32.4 Å². The molecule has 0 bridgehead atoms. The maximum atomic E-state index is 12.4. The molecule has 0 aliphatic carbocycles. The standard InChI is InChI=1S/C15H22N4O2/c1-10(19-9-8-17-14(21)15(19,2)3)13(20)18-12-7-5-4-6-11(12)16/h4-7,10H,8-9,16H2,1-3H3,(H,17,21)(H,18,20). The Morgan fingerprint density at radius 2 is 2.10 bits per heavy atom. The highest BCUT2D eigenvalue weighted by atomic mass is 16.2. The molecule has 21 heavy (non-hydrogen) atoms. The molecule has 0 aromatic heterocycles. The van der Waals surface area contributed by atoms with Crippen LogP contribution in [0.15, 0.2) is 24.3 Å². The van der Waals surface area contributed by atoms with Crippen LogP contribution in [0.25, 0.3) is 0 Å². The summed E-state index contributed by atoms with van der Waals surface area (Å²) < 4.78 is 0. The molecule has 1 atom stereocenters. The summed E-state index contributed by atoms with van der Waals surface area (Å²) in [5.41, 5.74) is 6.23. The number of piperazine rings is 1. The van der Waals surface area contributed by atoms with Crippen molar-refractivity contribution in [1.29, 1.82) is 0 Å². The van der Waals surface area contributed by atoms with E-state index in [1.165, 1.54) is 0 Å². The molecule has 0 saturated carbocycles. The molecule has 1 fully saturated rings. The number of nitrogens with one attached hydrogen (secondary N) is 2. The quantitative estimate of drug-likeness (QED) is 0.719. The van der Waals surface area contributed by atoms with E-state index in [4.69, 9.17) is 5.73 Å². The van der Waals surface area contributed by atoms with Gasteiger partial charge in [0.2, 0.25) is 11.8 Å². The number of nitrogens with two attached hydrogens (primary N) is 1. The number of nitrogens with zero attached hydrogens (tertiary/aromatic N) is 1. The summed E-state index contributed by atoms with van der Waals surface area (Å²) in [6.45, 7) is 6.63. The van der Waals surface area contributed by atoms with Gasteiger partial charge in [-0.1, -0.05) is 12.1 Å². The van der Waals surface area contributed by atoms with Gasteiger partial charge < -0.3 is 16.4 Å². The number of para-hydroxylation sites is 2. The first-order valence-electron chi connectivity index (χ1n) is 7.04. The number of hydrogen-bond acceptors (Lipinski definition) is 4. The Kier molecular flexibility index (Phi) is 4.18. The fourth-order valence-corrected chi connectivity index (χ4v) is 2.58. The van der Waals surface area contributed by atoms with Crippen LogP contribution in [0, 0.1) is 0 Å². The van der Waals surface area contributed by atoms with Gasteiger partial charge in [-0.3, -0.25) is 14.5 Å². The van der Waals surface area contributed by atoms with Gasteiger partial charge in [-0.2, -0.15) is 0 Å². The third-order valence-electron chi connectivity index (χ3n) is 3.98. The molecule has 1 aliphatic rings. The van der Waals surface area contributed by atoms with Crippen molar-refractivity contribution < 1.29 is 9.59 Å². The Morgan fingerprint density at radius 3 is 2.76 bits per heavy atom. The molecular weight excluding hydrogens is 268 g/mol. The Hall–Kier alpha value is -2.08. The molecule has 0 radical (unpaired) electrons. The van der Waals surface area contributed by atoms with Crippen LogP contribution in [-0.4, -0.2) is 41.4 Å². The number of amides is 2. The number of nitrogen functional groups attached to an aromatic ring is 1. The van der Waals surface area contributed by atoms with Crippen molar-refractivity contribution in [2.24, 2.45) is 0 Å². The van der Waals surface area contributed by atoms with Crippen molar-refractivity contribution >= 4 is 23.2 Å². The first kappa shape index (κ1) is 15.3. The second-order valence-electron chi connectivity index (χ2n) is 5.76. The smallest absolute Gasteiger partial charge is 0.241 e. The van der Waals surface area contributed by atoms with Crippen LogP contribution >= 0.6 is 0 Å². The predicted octanol–water partition coefficient (Wildman–Crippen LogP) is 0.806. The summed E-state index contributed by atoms with van der Waals surface area (Å²) in [5, 5.41) is 5.65. The lowest BCUT2D eigenvalue weighted by Gasteiger charge is -2.43. The average molecular weight is 290 g/mol. The van der Waals surface area contributed by atoms with Crippen LogP contribution in [0.4, 0.5) is 11.4 Å². The predicted molar refractivity (Wildman–Crippen MR) is 82.7 cm³/mol. The zero-order chi connectivity index (χ0) is 15.6. The Bertz CT molecular complexity index is 556. The molecule has 1 saturated heterocycles. The van der Waals surface area contributed by atoms with Gasteiger partial charge in [0.1, 0.15) is 0 Å².